The summed E-state index contributed by atoms with van der Waals surface area (Å²) in [6, 6.07) is 19.9. The molecule has 3 N–H and O–H groups in total. The van der Waals surface area contributed by atoms with E-state index in [1.165, 1.54) is 16.9 Å². The van der Waals surface area contributed by atoms with E-state index in [1.54, 1.807) is 42.5 Å². The molecule has 0 unspecified atom stereocenters. The summed E-state index contributed by atoms with van der Waals surface area (Å²) in [6.45, 7) is 6.29. The van der Waals surface area contributed by atoms with Gasteiger partial charge in [-0.25, -0.2) is 9.07 Å². The minimum absolute atomic E-state index is 0.159. The predicted molar refractivity (Wildman–Crippen MR) is 160 cm³/mol. The van der Waals surface area contributed by atoms with Gasteiger partial charge in [-0.05, 0) is 106 Å². The summed E-state index contributed by atoms with van der Waals surface area (Å²) in [5.74, 6) is 0.974. The van der Waals surface area contributed by atoms with Gasteiger partial charge in [0, 0.05) is 16.9 Å². The van der Waals surface area contributed by atoms with E-state index >= 15 is 4.39 Å². The highest BCUT2D eigenvalue weighted by Gasteiger charge is 2.26. The Hall–Kier alpha value is -4.14. The quantitative estimate of drug-likeness (QED) is 0.199. The van der Waals surface area contributed by atoms with Gasteiger partial charge in [0.1, 0.15) is 23.1 Å². The van der Waals surface area contributed by atoms with Crippen molar-refractivity contribution in [2.75, 3.05) is 18.8 Å². The fourth-order valence-corrected chi connectivity index (χ4v) is 5.70. The number of aromatic amines is 1. The van der Waals surface area contributed by atoms with Crippen LogP contribution in [0.4, 0.5) is 10.2 Å². The van der Waals surface area contributed by atoms with Gasteiger partial charge < -0.3 is 20.4 Å². The lowest BCUT2D eigenvalue weighted by Gasteiger charge is -2.34. The van der Waals surface area contributed by atoms with Crippen LogP contribution in [0, 0.1) is 5.82 Å². The summed E-state index contributed by atoms with van der Waals surface area (Å²) in [5, 5.41) is 5.51. The zero-order chi connectivity index (χ0) is 28.7. The standard InChI is InChI=1S/C32H31ClFN5O2/c1-19(2)38-13-11-20(12-14-38)24-17-28-21(15-27(24)34)16-29(37-28)31(40)25-18-36-39(32(25)35)22-7-9-23(10-8-22)41-30-6-4-3-5-26(30)33/h3-10,15-20,37H,11-14,35H2,1-2H3. The number of benzene rings is 3. The van der Waals surface area contributed by atoms with Crippen LogP contribution < -0.4 is 10.5 Å². The van der Waals surface area contributed by atoms with Gasteiger partial charge in [0.05, 0.1) is 28.2 Å². The molecular weight excluding hydrogens is 541 g/mol. The molecule has 0 atom stereocenters. The van der Waals surface area contributed by atoms with E-state index in [1.807, 2.05) is 18.2 Å². The maximum absolute atomic E-state index is 15.2. The largest absolute Gasteiger partial charge is 0.456 e. The lowest BCUT2D eigenvalue weighted by atomic mass is 9.88. The Morgan fingerprint density at radius 2 is 1.83 bits per heavy atom. The van der Waals surface area contributed by atoms with E-state index in [0.29, 0.717) is 44.9 Å². The number of anilines is 1. The third-order valence-corrected chi connectivity index (χ3v) is 8.19. The van der Waals surface area contributed by atoms with Crippen molar-refractivity contribution >= 4 is 34.1 Å². The highest BCUT2D eigenvalue weighted by molar-refractivity contribution is 6.32. The van der Waals surface area contributed by atoms with Gasteiger partial charge in [-0.15, -0.1) is 0 Å². The number of nitrogens with zero attached hydrogens (tertiary/aromatic N) is 3. The van der Waals surface area contributed by atoms with Crippen LogP contribution >= 0.6 is 11.6 Å². The molecule has 0 amide bonds. The third kappa shape index (κ3) is 5.33. The van der Waals surface area contributed by atoms with Crippen molar-refractivity contribution in [2.45, 2.75) is 38.6 Å². The Labute approximate surface area is 242 Å². The number of fused-ring (bicyclic) bond motifs is 1. The number of hydrogen-bond donors (Lipinski definition) is 2. The summed E-state index contributed by atoms with van der Waals surface area (Å²) >= 11 is 6.19. The average molecular weight is 572 g/mol. The first-order valence-electron chi connectivity index (χ1n) is 13.8. The molecule has 3 heterocycles. The van der Waals surface area contributed by atoms with Crippen LogP contribution in [0.15, 0.2) is 72.9 Å². The zero-order valence-corrected chi connectivity index (χ0v) is 23.7. The number of rotatable bonds is 7. The molecular formula is C32H31ClFN5O2. The molecule has 3 aromatic carbocycles. The number of H-pyrrole nitrogens is 1. The number of piperidine rings is 1. The molecule has 210 valence electrons. The molecule has 7 nitrogen and oxygen atoms in total. The number of nitrogen functional groups attached to an aromatic ring is 1. The molecule has 0 radical (unpaired) electrons. The number of ketones is 1. The average Bonchev–Trinajstić information content (AvgIpc) is 3.57. The molecule has 0 aliphatic carbocycles. The van der Waals surface area contributed by atoms with E-state index in [2.05, 4.69) is 28.8 Å². The van der Waals surface area contributed by atoms with E-state index < -0.39 is 0 Å². The molecule has 0 saturated carbocycles. The van der Waals surface area contributed by atoms with Gasteiger partial charge in [-0.1, -0.05) is 23.7 Å². The van der Waals surface area contributed by atoms with Crippen molar-refractivity contribution in [1.29, 1.82) is 0 Å². The molecule has 1 aliphatic rings. The van der Waals surface area contributed by atoms with E-state index in [4.69, 9.17) is 22.1 Å². The normalized spacial score (nSPS) is 14.7. The molecule has 41 heavy (non-hydrogen) atoms. The smallest absolute Gasteiger partial charge is 0.214 e. The lowest BCUT2D eigenvalue weighted by molar-refractivity contribution is 0.103. The van der Waals surface area contributed by atoms with Gasteiger partial charge in [0.15, 0.2) is 0 Å². The Bertz CT molecular complexity index is 1720. The summed E-state index contributed by atoms with van der Waals surface area (Å²) in [6.07, 6.45) is 3.28. The summed E-state index contributed by atoms with van der Waals surface area (Å²) in [5.41, 5.74) is 9.08. The SMILES string of the molecule is CC(C)N1CCC(c2cc3[nH]c(C(=O)c4cnn(-c5ccc(Oc6ccccc6Cl)cc5)c4N)cc3cc2F)CC1. The predicted octanol–water partition coefficient (Wildman–Crippen LogP) is 7.34. The molecule has 1 aliphatic heterocycles. The summed E-state index contributed by atoms with van der Waals surface area (Å²) in [4.78, 5) is 19.1. The second-order valence-corrected chi connectivity index (χ2v) is 11.2. The fraction of sp³-hybridized carbons (Fsp3) is 0.250. The number of aromatic nitrogens is 3. The van der Waals surface area contributed by atoms with Crippen LogP contribution in [0.3, 0.4) is 0 Å². The van der Waals surface area contributed by atoms with Crippen molar-refractivity contribution in [1.82, 2.24) is 19.7 Å². The Kier molecular flexibility index (Phi) is 7.28. The maximum Gasteiger partial charge on any atom is 0.214 e. The monoisotopic (exact) mass is 571 g/mol. The highest BCUT2D eigenvalue weighted by Crippen LogP contribution is 2.34. The molecule has 6 rings (SSSR count). The minimum atomic E-state index is -0.309. The van der Waals surface area contributed by atoms with E-state index in [0.717, 1.165) is 31.4 Å². The molecule has 0 spiro atoms. The van der Waals surface area contributed by atoms with Crippen molar-refractivity contribution in [3.05, 3.63) is 101 Å². The molecule has 2 aromatic heterocycles. The second kappa shape index (κ2) is 11.0. The Morgan fingerprint density at radius 3 is 2.54 bits per heavy atom. The Balaban J connectivity index is 1.21. The summed E-state index contributed by atoms with van der Waals surface area (Å²) in [7, 11) is 0. The van der Waals surface area contributed by atoms with Crippen molar-refractivity contribution in [3.8, 4) is 17.2 Å². The van der Waals surface area contributed by atoms with Crippen molar-refractivity contribution < 1.29 is 13.9 Å². The molecule has 9 heteroatoms. The first kappa shape index (κ1) is 27.1. The topological polar surface area (TPSA) is 89.2 Å². The van der Waals surface area contributed by atoms with Crippen LogP contribution in [0.1, 0.15) is 54.2 Å². The van der Waals surface area contributed by atoms with Crippen molar-refractivity contribution in [2.24, 2.45) is 0 Å². The number of carbonyl (C=O) groups is 1. The molecule has 1 fully saturated rings. The number of carbonyl (C=O) groups excluding carboxylic acids is 1. The van der Waals surface area contributed by atoms with Gasteiger partial charge in [0.2, 0.25) is 5.78 Å². The van der Waals surface area contributed by atoms with Gasteiger partial charge >= 0.3 is 0 Å². The number of hydrogen-bond acceptors (Lipinski definition) is 5. The molecule has 0 bridgehead atoms. The number of likely N-dealkylation sites (tertiary alicyclic amines) is 1. The van der Waals surface area contributed by atoms with Crippen LogP contribution in [0.5, 0.6) is 11.5 Å². The summed E-state index contributed by atoms with van der Waals surface area (Å²) < 4.78 is 22.5. The number of nitrogens with two attached hydrogens (primary N) is 1. The number of halogens is 2. The lowest BCUT2D eigenvalue weighted by Crippen LogP contribution is -2.38. The molecule has 5 aromatic rings. The number of ether oxygens (including phenoxy) is 1. The first-order chi connectivity index (χ1) is 19.8. The second-order valence-electron chi connectivity index (χ2n) is 10.8. The van der Waals surface area contributed by atoms with Gasteiger partial charge in [-0.2, -0.15) is 5.10 Å². The highest BCUT2D eigenvalue weighted by atomic mass is 35.5. The Morgan fingerprint density at radius 1 is 1.10 bits per heavy atom. The third-order valence-electron chi connectivity index (χ3n) is 7.88. The minimum Gasteiger partial charge on any atom is -0.456 e. The number of nitrogens with one attached hydrogen (secondary N) is 1. The van der Waals surface area contributed by atoms with Gasteiger partial charge in [0.25, 0.3) is 0 Å². The fourth-order valence-electron chi connectivity index (χ4n) is 5.53. The molecule has 1 saturated heterocycles. The van der Waals surface area contributed by atoms with E-state index in [9.17, 15) is 4.79 Å². The zero-order valence-electron chi connectivity index (χ0n) is 22.9. The van der Waals surface area contributed by atoms with Crippen molar-refractivity contribution in [3.63, 3.8) is 0 Å². The number of para-hydroxylation sites is 1. The van der Waals surface area contributed by atoms with Crippen LogP contribution in [-0.4, -0.2) is 44.6 Å². The van der Waals surface area contributed by atoms with Crippen LogP contribution in [0.2, 0.25) is 5.02 Å². The van der Waals surface area contributed by atoms with E-state index in [-0.39, 0.29) is 28.9 Å². The first-order valence-corrected chi connectivity index (χ1v) is 14.1. The maximum atomic E-state index is 15.2. The van der Waals surface area contributed by atoms with Crippen LogP contribution in [0.25, 0.3) is 16.6 Å². The van der Waals surface area contributed by atoms with Crippen LogP contribution in [-0.2, 0) is 0 Å². The van der Waals surface area contributed by atoms with Gasteiger partial charge in [-0.3, -0.25) is 4.79 Å².